The molecular weight excluding hydrogens is 222 g/mol. The third-order valence-corrected chi connectivity index (χ3v) is 4.14. The predicted octanol–water partition coefficient (Wildman–Crippen LogP) is 2.92. The van der Waals surface area contributed by atoms with Gasteiger partial charge in [-0.25, -0.2) is 0 Å². The topological polar surface area (TPSA) is 29.9 Å². The molecule has 1 heterocycles. The Morgan fingerprint density at radius 2 is 2.17 bits per heavy atom. The summed E-state index contributed by atoms with van der Waals surface area (Å²) >= 11 is 0. The standard InChI is InChI=1S/C15H27N3/c1-5-15(4,11-16-13-7-8-13)10-14-9-12(3)17-18(14)6-2/h9,13,16H,5-8,10-11H2,1-4H3. The van der Waals surface area contributed by atoms with Crippen LogP contribution in [0, 0.1) is 12.3 Å². The molecule has 1 fully saturated rings. The molecule has 3 heteroatoms. The molecule has 0 aliphatic heterocycles. The Kier molecular flexibility index (Phi) is 4.10. The van der Waals surface area contributed by atoms with Crippen LogP contribution in [-0.2, 0) is 13.0 Å². The molecule has 1 aliphatic carbocycles. The van der Waals surface area contributed by atoms with E-state index in [1.807, 2.05) is 0 Å². The first-order chi connectivity index (χ1) is 8.56. The largest absolute Gasteiger partial charge is 0.313 e. The van der Waals surface area contributed by atoms with Crippen LogP contribution in [0.4, 0.5) is 0 Å². The third kappa shape index (κ3) is 3.35. The van der Waals surface area contributed by atoms with Gasteiger partial charge in [-0.1, -0.05) is 13.8 Å². The molecule has 1 atom stereocenters. The highest BCUT2D eigenvalue weighted by Crippen LogP contribution is 2.28. The van der Waals surface area contributed by atoms with Gasteiger partial charge >= 0.3 is 0 Å². The van der Waals surface area contributed by atoms with E-state index in [-0.39, 0.29) is 0 Å². The molecule has 1 saturated carbocycles. The van der Waals surface area contributed by atoms with Crippen LogP contribution in [-0.4, -0.2) is 22.4 Å². The zero-order valence-electron chi connectivity index (χ0n) is 12.3. The molecule has 0 saturated heterocycles. The third-order valence-electron chi connectivity index (χ3n) is 4.14. The molecule has 1 aromatic heterocycles. The van der Waals surface area contributed by atoms with Gasteiger partial charge in [0.2, 0.25) is 0 Å². The molecule has 0 aromatic carbocycles. The number of aryl methyl sites for hydroxylation is 2. The molecule has 102 valence electrons. The Labute approximate surface area is 111 Å². The first kappa shape index (κ1) is 13.6. The molecule has 1 aliphatic rings. The van der Waals surface area contributed by atoms with Crippen molar-refractivity contribution < 1.29 is 0 Å². The van der Waals surface area contributed by atoms with Crippen molar-refractivity contribution in [1.29, 1.82) is 0 Å². The molecule has 3 nitrogen and oxygen atoms in total. The molecule has 1 unspecified atom stereocenters. The van der Waals surface area contributed by atoms with Gasteiger partial charge in [0.15, 0.2) is 0 Å². The second-order valence-corrected chi connectivity index (χ2v) is 6.09. The second kappa shape index (κ2) is 5.43. The molecule has 2 rings (SSSR count). The molecule has 1 aromatic rings. The number of nitrogens with zero attached hydrogens (tertiary/aromatic N) is 2. The summed E-state index contributed by atoms with van der Waals surface area (Å²) in [6.07, 6.45) is 5.07. The van der Waals surface area contributed by atoms with Crippen molar-refractivity contribution >= 4 is 0 Å². The van der Waals surface area contributed by atoms with Crippen LogP contribution in [0.15, 0.2) is 6.07 Å². The van der Waals surface area contributed by atoms with Gasteiger partial charge in [0.05, 0.1) is 5.69 Å². The van der Waals surface area contributed by atoms with Crippen molar-refractivity contribution in [3.8, 4) is 0 Å². The quantitative estimate of drug-likeness (QED) is 0.805. The maximum Gasteiger partial charge on any atom is 0.0596 e. The highest BCUT2D eigenvalue weighted by molar-refractivity contribution is 5.11. The van der Waals surface area contributed by atoms with Gasteiger partial charge in [-0.2, -0.15) is 5.10 Å². The van der Waals surface area contributed by atoms with Gasteiger partial charge in [0.25, 0.3) is 0 Å². The minimum absolute atomic E-state index is 0.349. The van der Waals surface area contributed by atoms with Crippen LogP contribution in [0.3, 0.4) is 0 Å². The lowest BCUT2D eigenvalue weighted by Crippen LogP contribution is -2.35. The lowest BCUT2D eigenvalue weighted by molar-refractivity contribution is 0.281. The Morgan fingerprint density at radius 1 is 1.44 bits per heavy atom. The summed E-state index contributed by atoms with van der Waals surface area (Å²) < 4.78 is 2.15. The summed E-state index contributed by atoms with van der Waals surface area (Å²) in [4.78, 5) is 0. The normalized spacial score (nSPS) is 18.9. The average Bonchev–Trinajstić information content (AvgIpc) is 3.11. The van der Waals surface area contributed by atoms with E-state index in [4.69, 9.17) is 0 Å². The first-order valence-electron chi connectivity index (χ1n) is 7.33. The molecule has 0 radical (unpaired) electrons. The summed E-state index contributed by atoms with van der Waals surface area (Å²) in [7, 11) is 0. The average molecular weight is 249 g/mol. The summed E-state index contributed by atoms with van der Waals surface area (Å²) in [5, 5.41) is 8.23. The summed E-state index contributed by atoms with van der Waals surface area (Å²) in [6, 6.07) is 3.04. The van der Waals surface area contributed by atoms with Gasteiger partial charge in [-0.3, -0.25) is 4.68 Å². The van der Waals surface area contributed by atoms with Gasteiger partial charge in [-0.15, -0.1) is 0 Å². The second-order valence-electron chi connectivity index (χ2n) is 6.09. The van der Waals surface area contributed by atoms with E-state index in [0.717, 1.165) is 31.2 Å². The molecule has 0 amide bonds. The van der Waals surface area contributed by atoms with Crippen molar-refractivity contribution in [2.24, 2.45) is 5.41 Å². The zero-order valence-corrected chi connectivity index (χ0v) is 12.3. The van der Waals surface area contributed by atoms with E-state index in [9.17, 15) is 0 Å². The maximum atomic E-state index is 4.55. The lowest BCUT2D eigenvalue weighted by Gasteiger charge is -2.29. The minimum Gasteiger partial charge on any atom is -0.313 e. The number of aromatic nitrogens is 2. The van der Waals surface area contributed by atoms with E-state index in [2.05, 4.69) is 48.9 Å². The number of rotatable bonds is 7. The van der Waals surface area contributed by atoms with Crippen molar-refractivity contribution in [2.45, 2.75) is 66.0 Å². The lowest BCUT2D eigenvalue weighted by atomic mass is 9.82. The van der Waals surface area contributed by atoms with Gasteiger partial charge in [-0.05, 0) is 51.0 Å². The van der Waals surface area contributed by atoms with Crippen LogP contribution in [0.25, 0.3) is 0 Å². The van der Waals surface area contributed by atoms with Crippen LogP contribution in [0.5, 0.6) is 0 Å². The fourth-order valence-electron chi connectivity index (χ4n) is 2.44. The van der Waals surface area contributed by atoms with Crippen molar-refractivity contribution in [2.75, 3.05) is 6.54 Å². The summed E-state index contributed by atoms with van der Waals surface area (Å²) in [5.74, 6) is 0. The van der Waals surface area contributed by atoms with E-state index in [0.29, 0.717) is 5.41 Å². The number of hydrogen-bond acceptors (Lipinski definition) is 2. The molecule has 1 N–H and O–H groups in total. The predicted molar refractivity (Wildman–Crippen MR) is 75.8 cm³/mol. The van der Waals surface area contributed by atoms with Gasteiger partial charge in [0.1, 0.15) is 0 Å². The van der Waals surface area contributed by atoms with E-state index < -0.39 is 0 Å². The highest BCUT2D eigenvalue weighted by atomic mass is 15.3. The Bertz CT molecular complexity index is 392. The fraction of sp³-hybridized carbons (Fsp3) is 0.800. The Morgan fingerprint density at radius 3 is 2.72 bits per heavy atom. The SMILES string of the molecule is CCn1nc(C)cc1CC(C)(CC)CNC1CC1. The number of hydrogen-bond donors (Lipinski definition) is 1. The molecule has 18 heavy (non-hydrogen) atoms. The van der Waals surface area contributed by atoms with Crippen LogP contribution < -0.4 is 5.32 Å². The van der Waals surface area contributed by atoms with Gasteiger partial charge < -0.3 is 5.32 Å². The van der Waals surface area contributed by atoms with Gasteiger partial charge in [0, 0.05) is 24.8 Å². The van der Waals surface area contributed by atoms with Crippen molar-refractivity contribution in [1.82, 2.24) is 15.1 Å². The van der Waals surface area contributed by atoms with Crippen molar-refractivity contribution in [3.05, 3.63) is 17.5 Å². The van der Waals surface area contributed by atoms with Crippen LogP contribution in [0.1, 0.15) is 51.4 Å². The smallest absolute Gasteiger partial charge is 0.0596 e. The Hall–Kier alpha value is -0.830. The summed E-state index contributed by atoms with van der Waals surface area (Å²) in [5.41, 5.74) is 2.87. The molecular formula is C15H27N3. The highest BCUT2D eigenvalue weighted by Gasteiger charge is 2.28. The molecule has 0 bridgehead atoms. The molecule has 0 spiro atoms. The Balaban J connectivity index is 2.02. The van der Waals surface area contributed by atoms with Crippen molar-refractivity contribution in [3.63, 3.8) is 0 Å². The minimum atomic E-state index is 0.349. The first-order valence-corrected chi connectivity index (χ1v) is 7.33. The maximum absolute atomic E-state index is 4.55. The number of nitrogens with one attached hydrogen (secondary N) is 1. The monoisotopic (exact) mass is 249 g/mol. The van der Waals surface area contributed by atoms with Crippen LogP contribution >= 0.6 is 0 Å². The van der Waals surface area contributed by atoms with E-state index in [1.54, 1.807) is 0 Å². The van der Waals surface area contributed by atoms with Crippen LogP contribution in [0.2, 0.25) is 0 Å². The summed E-state index contributed by atoms with van der Waals surface area (Å²) in [6.45, 7) is 11.0. The van der Waals surface area contributed by atoms with E-state index >= 15 is 0 Å². The zero-order chi connectivity index (χ0) is 13.2. The fourth-order valence-corrected chi connectivity index (χ4v) is 2.44. The van der Waals surface area contributed by atoms with E-state index in [1.165, 1.54) is 25.0 Å².